The maximum Gasteiger partial charge on any atom is 0.245 e. The van der Waals surface area contributed by atoms with Crippen LogP contribution < -0.4 is 5.73 Å². The van der Waals surface area contributed by atoms with E-state index in [0.29, 0.717) is 18.9 Å². The molecule has 0 bridgehead atoms. The van der Waals surface area contributed by atoms with Gasteiger partial charge in [-0.15, -0.1) is 0 Å². The second-order valence-electron chi connectivity index (χ2n) is 8.29. The summed E-state index contributed by atoms with van der Waals surface area (Å²) < 4.78 is 0. The van der Waals surface area contributed by atoms with Crippen LogP contribution in [0.5, 0.6) is 0 Å². The molecule has 5 nitrogen and oxygen atoms in total. The molecule has 0 aromatic heterocycles. The molecule has 1 aromatic rings. The molecule has 5 heteroatoms. The summed E-state index contributed by atoms with van der Waals surface area (Å²) in [6.07, 6.45) is 3.31. The molecule has 2 N–H and O–H groups in total. The van der Waals surface area contributed by atoms with Gasteiger partial charge in [0.15, 0.2) is 0 Å². The van der Waals surface area contributed by atoms with E-state index in [-0.39, 0.29) is 29.8 Å². The second kappa shape index (κ2) is 8.42. The summed E-state index contributed by atoms with van der Waals surface area (Å²) in [5.41, 5.74) is 8.39. The van der Waals surface area contributed by atoms with Crippen molar-refractivity contribution in [1.82, 2.24) is 9.80 Å². The van der Waals surface area contributed by atoms with Gasteiger partial charge in [0, 0.05) is 38.0 Å². The third-order valence-electron chi connectivity index (χ3n) is 6.45. The molecular weight excluding hydrogens is 338 g/mol. The lowest BCUT2D eigenvalue weighted by atomic mass is 9.89. The number of nitrogens with two attached hydrogens (primary N) is 1. The van der Waals surface area contributed by atoms with Gasteiger partial charge in [-0.3, -0.25) is 9.59 Å². The van der Waals surface area contributed by atoms with E-state index in [9.17, 15) is 9.59 Å². The van der Waals surface area contributed by atoms with Crippen LogP contribution in [-0.2, 0) is 22.6 Å². The number of carbonyl (C=O) groups is 2. The van der Waals surface area contributed by atoms with Gasteiger partial charge >= 0.3 is 0 Å². The maximum absolute atomic E-state index is 13.4. The van der Waals surface area contributed by atoms with E-state index in [1.807, 2.05) is 42.7 Å². The minimum absolute atomic E-state index is 0.0608. The highest BCUT2D eigenvalue weighted by Gasteiger charge is 2.38. The van der Waals surface area contributed by atoms with E-state index in [0.717, 1.165) is 37.9 Å². The first-order chi connectivity index (χ1) is 12.9. The zero-order valence-electron chi connectivity index (χ0n) is 16.9. The number of piperidine rings is 1. The highest BCUT2D eigenvalue weighted by atomic mass is 16.2. The largest absolute Gasteiger partial charge is 0.341 e. The molecule has 3 unspecified atom stereocenters. The lowest BCUT2D eigenvalue weighted by Gasteiger charge is -2.41. The molecule has 0 aliphatic carbocycles. The van der Waals surface area contributed by atoms with Gasteiger partial charge < -0.3 is 15.5 Å². The van der Waals surface area contributed by atoms with Crippen molar-refractivity contribution >= 4 is 11.8 Å². The number of benzene rings is 1. The SMILES string of the molecule is CCC(C)C(=O)N1Cc2ccccc2CC1C(=O)N1CCC(C(C)N)CC1. The van der Waals surface area contributed by atoms with Gasteiger partial charge in [-0.05, 0) is 43.2 Å². The smallest absolute Gasteiger partial charge is 0.245 e. The number of likely N-dealkylation sites (tertiary alicyclic amines) is 1. The summed E-state index contributed by atoms with van der Waals surface area (Å²) in [5.74, 6) is 0.619. The summed E-state index contributed by atoms with van der Waals surface area (Å²) in [6, 6.07) is 7.97. The highest BCUT2D eigenvalue weighted by molar-refractivity contribution is 5.89. The first kappa shape index (κ1) is 19.9. The highest BCUT2D eigenvalue weighted by Crippen LogP contribution is 2.28. The second-order valence-corrected chi connectivity index (χ2v) is 8.29. The number of fused-ring (bicyclic) bond motifs is 1. The van der Waals surface area contributed by atoms with Crippen LogP contribution in [0.1, 0.15) is 51.2 Å². The van der Waals surface area contributed by atoms with Crippen molar-refractivity contribution in [3.63, 3.8) is 0 Å². The number of amides is 2. The fourth-order valence-corrected chi connectivity index (χ4v) is 4.29. The summed E-state index contributed by atoms with van der Waals surface area (Å²) in [4.78, 5) is 30.2. The Kier molecular flexibility index (Phi) is 6.20. The van der Waals surface area contributed by atoms with Crippen LogP contribution in [0.4, 0.5) is 0 Å². The standard InChI is InChI=1S/C22H33N3O2/c1-4-15(2)21(26)25-14-19-8-6-5-7-18(19)13-20(25)22(27)24-11-9-17(10-12-24)16(3)23/h5-8,15-17,20H,4,9-14,23H2,1-3H3. The molecule has 148 valence electrons. The number of carbonyl (C=O) groups excluding carboxylic acids is 2. The molecule has 0 spiro atoms. The van der Waals surface area contributed by atoms with Crippen molar-refractivity contribution in [2.45, 2.75) is 65.1 Å². The van der Waals surface area contributed by atoms with Crippen LogP contribution >= 0.6 is 0 Å². The molecule has 3 rings (SSSR count). The zero-order valence-corrected chi connectivity index (χ0v) is 16.9. The van der Waals surface area contributed by atoms with Gasteiger partial charge in [0.2, 0.25) is 11.8 Å². The van der Waals surface area contributed by atoms with Crippen molar-refractivity contribution in [1.29, 1.82) is 0 Å². The van der Waals surface area contributed by atoms with Crippen molar-refractivity contribution < 1.29 is 9.59 Å². The van der Waals surface area contributed by atoms with E-state index in [4.69, 9.17) is 5.73 Å². The first-order valence-electron chi connectivity index (χ1n) is 10.3. The Labute approximate surface area is 162 Å². The van der Waals surface area contributed by atoms with Crippen LogP contribution in [0.15, 0.2) is 24.3 Å². The van der Waals surface area contributed by atoms with Crippen LogP contribution in [0.2, 0.25) is 0 Å². The lowest BCUT2D eigenvalue weighted by Crippen LogP contribution is -2.56. The first-order valence-corrected chi connectivity index (χ1v) is 10.3. The van der Waals surface area contributed by atoms with Crippen LogP contribution in [0, 0.1) is 11.8 Å². The summed E-state index contributed by atoms with van der Waals surface area (Å²) in [6.45, 7) is 8.05. The fourth-order valence-electron chi connectivity index (χ4n) is 4.29. The van der Waals surface area contributed by atoms with Crippen molar-refractivity contribution in [3.05, 3.63) is 35.4 Å². The monoisotopic (exact) mass is 371 g/mol. The van der Waals surface area contributed by atoms with Crippen LogP contribution in [-0.4, -0.2) is 46.8 Å². The fraction of sp³-hybridized carbons (Fsp3) is 0.636. The van der Waals surface area contributed by atoms with Gasteiger partial charge in [0.1, 0.15) is 6.04 Å². The molecule has 1 saturated heterocycles. The van der Waals surface area contributed by atoms with Crippen molar-refractivity contribution in [3.8, 4) is 0 Å². The number of rotatable bonds is 4. The van der Waals surface area contributed by atoms with Crippen molar-refractivity contribution in [2.75, 3.05) is 13.1 Å². The van der Waals surface area contributed by atoms with Crippen molar-refractivity contribution in [2.24, 2.45) is 17.6 Å². The molecule has 1 fully saturated rings. The molecule has 2 amide bonds. The summed E-state index contributed by atoms with van der Waals surface area (Å²) in [7, 11) is 0. The number of nitrogens with zero attached hydrogens (tertiary/aromatic N) is 2. The predicted molar refractivity (Wildman–Crippen MR) is 107 cm³/mol. The Balaban J connectivity index is 1.80. The Morgan fingerprint density at radius 1 is 1.15 bits per heavy atom. The van der Waals surface area contributed by atoms with Crippen LogP contribution in [0.3, 0.4) is 0 Å². The van der Waals surface area contributed by atoms with Gasteiger partial charge in [0.05, 0.1) is 0 Å². The maximum atomic E-state index is 13.4. The topological polar surface area (TPSA) is 66.6 Å². The molecule has 1 aromatic carbocycles. The van der Waals surface area contributed by atoms with E-state index in [2.05, 4.69) is 12.1 Å². The average molecular weight is 372 g/mol. The Bertz CT molecular complexity index is 680. The third-order valence-corrected chi connectivity index (χ3v) is 6.45. The minimum Gasteiger partial charge on any atom is -0.341 e. The molecule has 0 saturated carbocycles. The third kappa shape index (κ3) is 4.18. The van der Waals surface area contributed by atoms with Gasteiger partial charge in [-0.2, -0.15) is 0 Å². The Morgan fingerprint density at radius 2 is 1.78 bits per heavy atom. The summed E-state index contributed by atoms with van der Waals surface area (Å²) in [5, 5.41) is 0. The normalized spacial score (nSPS) is 22.9. The van der Waals surface area contributed by atoms with E-state index in [1.165, 1.54) is 5.56 Å². The van der Waals surface area contributed by atoms with E-state index >= 15 is 0 Å². The van der Waals surface area contributed by atoms with Gasteiger partial charge in [-0.1, -0.05) is 38.1 Å². The predicted octanol–water partition coefficient (Wildman–Crippen LogP) is 2.57. The number of hydrogen-bond acceptors (Lipinski definition) is 3. The molecule has 2 aliphatic rings. The summed E-state index contributed by atoms with van der Waals surface area (Å²) >= 11 is 0. The lowest BCUT2D eigenvalue weighted by molar-refractivity contribution is -0.150. The van der Waals surface area contributed by atoms with Gasteiger partial charge in [0.25, 0.3) is 0 Å². The van der Waals surface area contributed by atoms with Crippen LogP contribution in [0.25, 0.3) is 0 Å². The molecular formula is C22H33N3O2. The minimum atomic E-state index is -0.381. The molecule has 27 heavy (non-hydrogen) atoms. The molecule has 0 radical (unpaired) electrons. The number of hydrogen-bond donors (Lipinski definition) is 1. The zero-order chi connectivity index (χ0) is 19.6. The molecule has 2 heterocycles. The van der Waals surface area contributed by atoms with Gasteiger partial charge in [-0.25, -0.2) is 0 Å². The quantitative estimate of drug-likeness (QED) is 0.885. The average Bonchev–Trinajstić information content (AvgIpc) is 2.71. The Hall–Kier alpha value is -1.88. The molecule has 2 aliphatic heterocycles. The Morgan fingerprint density at radius 3 is 2.37 bits per heavy atom. The molecule has 3 atom stereocenters. The van der Waals surface area contributed by atoms with E-state index in [1.54, 1.807) is 0 Å². The van der Waals surface area contributed by atoms with E-state index < -0.39 is 0 Å².